The van der Waals surface area contributed by atoms with Crippen molar-refractivity contribution in [1.82, 2.24) is 25.1 Å². The summed E-state index contributed by atoms with van der Waals surface area (Å²) in [6.07, 6.45) is 7.43. The SMILES string of the molecule is CC1CNCC1c1nc2c(cnn2C2=CC=C2)c(=O)[nH]1. The predicted octanol–water partition coefficient (Wildman–Crippen LogP) is 0.853. The number of H-pyrrole nitrogens is 1. The Labute approximate surface area is 115 Å². The Balaban J connectivity index is 1.89. The van der Waals surface area contributed by atoms with Crippen LogP contribution in [0.3, 0.4) is 0 Å². The van der Waals surface area contributed by atoms with Gasteiger partial charge in [0.05, 0.1) is 11.9 Å². The van der Waals surface area contributed by atoms with Crippen LogP contribution in [0.2, 0.25) is 0 Å². The Morgan fingerprint density at radius 3 is 2.90 bits per heavy atom. The van der Waals surface area contributed by atoms with E-state index in [0.29, 0.717) is 17.0 Å². The summed E-state index contributed by atoms with van der Waals surface area (Å²) in [6, 6.07) is 0. The molecule has 1 saturated heterocycles. The summed E-state index contributed by atoms with van der Waals surface area (Å²) >= 11 is 0. The number of nitrogens with one attached hydrogen (secondary N) is 2. The maximum Gasteiger partial charge on any atom is 0.262 e. The van der Waals surface area contributed by atoms with E-state index in [4.69, 9.17) is 0 Å². The third-order valence-corrected chi connectivity index (χ3v) is 4.10. The Morgan fingerprint density at radius 2 is 2.25 bits per heavy atom. The largest absolute Gasteiger partial charge is 0.316 e. The van der Waals surface area contributed by atoms with E-state index in [1.165, 1.54) is 0 Å². The molecular weight excluding hydrogens is 254 g/mol. The first-order chi connectivity index (χ1) is 9.74. The maximum atomic E-state index is 12.2. The van der Waals surface area contributed by atoms with E-state index in [-0.39, 0.29) is 11.5 Å². The zero-order valence-electron chi connectivity index (χ0n) is 11.1. The van der Waals surface area contributed by atoms with E-state index < -0.39 is 0 Å². The van der Waals surface area contributed by atoms with Crippen molar-refractivity contribution < 1.29 is 0 Å². The lowest BCUT2D eigenvalue weighted by Crippen LogP contribution is -2.19. The molecule has 6 heteroatoms. The van der Waals surface area contributed by atoms with Crippen molar-refractivity contribution in [2.45, 2.75) is 12.8 Å². The highest BCUT2D eigenvalue weighted by atomic mass is 16.1. The summed E-state index contributed by atoms with van der Waals surface area (Å²) in [7, 11) is 0. The third kappa shape index (κ3) is 1.58. The van der Waals surface area contributed by atoms with Gasteiger partial charge in [0, 0.05) is 12.5 Å². The molecule has 1 aliphatic carbocycles. The Bertz CT molecular complexity index is 797. The molecule has 0 saturated carbocycles. The predicted molar refractivity (Wildman–Crippen MR) is 76.3 cm³/mol. The van der Waals surface area contributed by atoms with Crippen molar-refractivity contribution in [3.8, 4) is 0 Å². The number of rotatable bonds is 2. The van der Waals surface area contributed by atoms with Gasteiger partial charge in [-0.15, -0.1) is 0 Å². The summed E-state index contributed by atoms with van der Waals surface area (Å²) in [5.74, 6) is 1.47. The highest BCUT2D eigenvalue weighted by molar-refractivity contribution is 5.80. The van der Waals surface area contributed by atoms with Gasteiger partial charge in [-0.3, -0.25) is 4.79 Å². The molecule has 2 unspecified atom stereocenters. The van der Waals surface area contributed by atoms with Crippen LogP contribution in [-0.2, 0) is 0 Å². The highest BCUT2D eigenvalue weighted by Gasteiger charge is 2.27. The average molecular weight is 269 g/mol. The molecule has 2 aromatic heterocycles. The van der Waals surface area contributed by atoms with Crippen molar-refractivity contribution in [2.24, 2.45) is 5.92 Å². The van der Waals surface area contributed by atoms with Gasteiger partial charge in [0.2, 0.25) is 0 Å². The van der Waals surface area contributed by atoms with E-state index in [0.717, 1.165) is 24.6 Å². The highest BCUT2D eigenvalue weighted by Crippen LogP contribution is 2.26. The lowest BCUT2D eigenvalue weighted by Gasteiger charge is -2.14. The van der Waals surface area contributed by atoms with E-state index in [2.05, 4.69) is 27.3 Å². The summed E-state index contributed by atoms with van der Waals surface area (Å²) < 4.78 is 1.72. The molecule has 2 N–H and O–H groups in total. The van der Waals surface area contributed by atoms with Gasteiger partial charge < -0.3 is 10.3 Å². The van der Waals surface area contributed by atoms with Gasteiger partial charge in [0.1, 0.15) is 11.2 Å². The molecule has 2 aromatic rings. The molecule has 0 amide bonds. The minimum Gasteiger partial charge on any atom is -0.316 e. The standard InChI is InChI=1S/C14H15N5O/c1-8-5-15-6-10(8)12-17-13-11(14(20)18-12)7-16-19(13)9-3-2-4-9/h2-4,7-8,10,15H,5-6H2,1H3,(H,17,18,20). The lowest BCUT2D eigenvalue weighted by atomic mass is 9.97. The van der Waals surface area contributed by atoms with Crippen LogP contribution in [0.25, 0.3) is 16.7 Å². The number of aromatic nitrogens is 4. The fraction of sp³-hybridized carbons (Fsp3) is 0.357. The first-order valence-corrected chi connectivity index (χ1v) is 6.81. The van der Waals surface area contributed by atoms with Crippen molar-refractivity contribution in [1.29, 1.82) is 0 Å². The van der Waals surface area contributed by atoms with Crippen LogP contribution in [0.1, 0.15) is 18.7 Å². The fourth-order valence-electron chi connectivity index (χ4n) is 2.80. The van der Waals surface area contributed by atoms with Gasteiger partial charge in [-0.2, -0.15) is 5.10 Å². The first-order valence-electron chi connectivity index (χ1n) is 6.81. The number of aromatic amines is 1. The van der Waals surface area contributed by atoms with Crippen LogP contribution in [0.4, 0.5) is 0 Å². The number of hydrogen-bond donors (Lipinski definition) is 2. The molecule has 0 spiro atoms. The van der Waals surface area contributed by atoms with Crippen molar-refractivity contribution in [3.63, 3.8) is 0 Å². The van der Waals surface area contributed by atoms with Gasteiger partial charge >= 0.3 is 0 Å². The molecule has 3 heterocycles. The molecular formula is C14H15N5O. The van der Waals surface area contributed by atoms with Crippen LogP contribution in [0, 0.1) is 5.92 Å². The number of nitrogens with zero attached hydrogens (tertiary/aromatic N) is 3. The van der Waals surface area contributed by atoms with Gasteiger partial charge in [0.25, 0.3) is 5.56 Å². The molecule has 0 aromatic carbocycles. The Kier molecular flexibility index (Phi) is 2.40. The minimum atomic E-state index is -0.112. The molecule has 2 atom stereocenters. The summed E-state index contributed by atoms with van der Waals surface area (Å²) in [5, 5.41) is 8.13. The molecule has 20 heavy (non-hydrogen) atoms. The van der Waals surface area contributed by atoms with Crippen LogP contribution in [0.15, 0.2) is 29.2 Å². The second kappa shape index (κ2) is 4.14. The van der Waals surface area contributed by atoms with E-state index in [1.807, 2.05) is 18.2 Å². The second-order valence-electron chi connectivity index (χ2n) is 5.44. The quantitative estimate of drug-likeness (QED) is 0.847. The molecule has 1 aliphatic heterocycles. The van der Waals surface area contributed by atoms with Gasteiger partial charge in [-0.05, 0) is 24.6 Å². The molecule has 0 radical (unpaired) electrons. The van der Waals surface area contributed by atoms with Gasteiger partial charge in [-0.1, -0.05) is 13.0 Å². The van der Waals surface area contributed by atoms with Crippen molar-refractivity contribution in [2.75, 3.05) is 13.1 Å². The zero-order chi connectivity index (χ0) is 13.7. The van der Waals surface area contributed by atoms with Crippen LogP contribution in [0.5, 0.6) is 0 Å². The summed E-state index contributed by atoms with van der Waals surface area (Å²) in [4.78, 5) is 19.8. The first kappa shape index (κ1) is 11.6. The number of fused-ring (bicyclic) bond motifs is 1. The molecule has 0 bridgehead atoms. The van der Waals surface area contributed by atoms with Crippen molar-refractivity contribution in [3.05, 3.63) is 40.6 Å². The molecule has 102 valence electrons. The normalized spacial score (nSPS) is 24.9. The average Bonchev–Trinajstić information content (AvgIpc) is 2.95. The Morgan fingerprint density at radius 1 is 1.40 bits per heavy atom. The lowest BCUT2D eigenvalue weighted by molar-refractivity contribution is 0.545. The summed E-state index contributed by atoms with van der Waals surface area (Å²) in [6.45, 7) is 3.98. The topological polar surface area (TPSA) is 75.6 Å². The van der Waals surface area contributed by atoms with E-state index >= 15 is 0 Å². The van der Waals surface area contributed by atoms with Crippen LogP contribution < -0.4 is 10.9 Å². The zero-order valence-corrected chi connectivity index (χ0v) is 11.1. The molecule has 1 fully saturated rings. The van der Waals surface area contributed by atoms with Crippen LogP contribution >= 0.6 is 0 Å². The minimum absolute atomic E-state index is 0.112. The monoisotopic (exact) mass is 269 g/mol. The maximum absolute atomic E-state index is 12.2. The molecule has 2 aliphatic rings. The van der Waals surface area contributed by atoms with Crippen molar-refractivity contribution >= 4 is 16.7 Å². The van der Waals surface area contributed by atoms with Gasteiger partial charge in [-0.25, -0.2) is 9.67 Å². The Hall–Kier alpha value is -2.21. The van der Waals surface area contributed by atoms with Crippen LogP contribution in [-0.4, -0.2) is 32.8 Å². The molecule has 4 rings (SSSR count). The van der Waals surface area contributed by atoms with E-state index in [1.54, 1.807) is 10.9 Å². The fourth-order valence-corrected chi connectivity index (χ4v) is 2.80. The second-order valence-corrected chi connectivity index (χ2v) is 5.44. The van der Waals surface area contributed by atoms with Gasteiger partial charge in [0.15, 0.2) is 5.65 Å². The number of hydrogen-bond acceptors (Lipinski definition) is 4. The molecule has 6 nitrogen and oxygen atoms in total. The smallest absolute Gasteiger partial charge is 0.262 e. The summed E-state index contributed by atoms with van der Waals surface area (Å²) in [5.41, 5.74) is 1.49. The number of allylic oxidation sites excluding steroid dienone is 4. The third-order valence-electron chi connectivity index (χ3n) is 4.10. The van der Waals surface area contributed by atoms with E-state index in [9.17, 15) is 4.79 Å².